The maximum atomic E-state index is 11.2. The minimum atomic E-state index is -1.05. The van der Waals surface area contributed by atoms with Crippen molar-refractivity contribution in [3.63, 3.8) is 0 Å². The third-order valence-electron chi connectivity index (χ3n) is 4.91. The molecule has 0 spiro atoms. The standard InChI is InChI=1S/C22H41ClO3/c1-4-5-6-7-8-9-10-11-12-13-14-15-16-17-18-19-22(2,3)26-21(25)20(23)24/h4-19H2,1-3H3. The summed E-state index contributed by atoms with van der Waals surface area (Å²) in [5.74, 6) is -0.947. The Morgan fingerprint density at radius 1 is 0.692 bits per heavy atom. The molecular formula is C22H41ClO3. The molecule has 0 saturated heterocycles. The second kappa shape index (κ2) is 16.6. The number of carbonyl (C=O) groups is 2. The third-order valence-corrected chi connectivity index (χ3v) is 5.07. The molecule has 0 bridgehead atoms. The summed E-state index contributed by atoms with van der Waals surface area (Å²) in [4.78, 5) is 21.9. The van der Waals surface area contributed by atoms with Crippen LogP contribution in [0.2, 0.25) is 0 Å². The third kappa shape index (κ3) is 16.9. The Bertz CT molecular complexity index is 366. The first-order chi connectivity index (χ1) is 12.4. The Balaban J connectivity index is 3.33. The summed E-state index contributed by atoms with van der Waals surface area (Å²) in [6, 6.07) is 0. The van der Waals surface area contributed by atoms with Crippen molar-refractivity contribution in [2.24, 2.45) is 0 Å². The summed E-state index contributed by atoms with van der Waals surface area (Å²) in [5, 5.41) is -1.05. The maximum absolute atomic E-state index is 11.2. The summed E-state index contributed by atoms with van der Waals surface area (Å²) >= 11 is 5.12. The van der Waals surface area contributed by atoms with Crippen LogP contribution < -0.4 is 0 Å². The largest absolute Gasteiger partial charge is 0.453 e. The van der Waals surface area contributed by atoms with Crippen LogP contribution in [-0.4, -0.2) is 16.8 Å². The molecule has 0 N–H and O–H groups in total. The van der Waals surface area contributed by atoms with E-state index >= 15 is 0 Å². The van der Waals surface area contributed by atoms with Crippen molar-refractivity contribution in [1.82, 2.24) is 0 Å². The zero-order chi connectivity index (χ0) is 19.7. The molecule has 0 amide bonds. The number of unbranched alkanes of at least 4 members (excludes halogenated alkanes) is 14. The number of ether oxygens (including phenoxy) is 1. The van der Waals surface area contributed by atoms with Gasteiger partial charge in [-0.2, -0.15) is 0 Å². The average Bonchev–Trinajstić information content (AvgIpc) is 2.57. The van der Waals surface area contributed by atoms with Crippen LogP contribution >= 0.6 is 11.6 Å². The molecule has 154 valence electrons. The lowest BCUT2D eigenvalue weighted by atomic mass is 9.99. The summed E-state index contributed by atoms with van der Waals surface area (Å²) in [6.07, 6.45) is 20.7. The number of hydrogen-bond donors (Lipinski definition) is 0. The monoisotopic (exact) mass is 388 g/mol. The van der Waals surface area contributed by atoms with Crippen molar-refractivity contribution >= 4 is 22.8 Å². The molecule has 0 atom stereocenters. The number of esters is 1. The van der Waals surface area contributed by atoms with Gasteiger partial charge in [-0.25, -0.2) is 4.79 Å². The number of halogens is 1. The van der Waals surface area contributed by atoms with Crippen molar-refractivity contribution in [2.75, 3.05) is 0 Å². The van der Waals surface area contributed by atoms with Gasteiger partial charge in [0.15, 0.2) is 0 Å². The SMILES string of the molecule is CCCCCCCCCCCCCCCCCC(C)(C)OC(=O)C(=O)Cl. The van der Waals surface area contributed by atoms with Crippen LogP contribution in [0.25, 0.3) is 0 Å². The molecule has 0 radical (unpaired) electrons. The second-order valence-corrected chi connectivity index (χ2v) is 8.47. The maximum Gasteiger partial charge on any atom is 0.391 e. The molecule has 0 aromatic rings. The molecule has 0 unspecified atom stereocenters. The zero-order valence-corrected chi connectivity index (χ0v) is 18.2. The minimum Gasteiger partial charge on any atom is -0.453 e. The van der Waals surface area contributed by atoms with Gasteiger partial charge in [0.2, 0.25) is 0 Å². The van der Waals surface area contributed by atoms with E-state index in [1.165, 1.54) is 83.5 Å². The predicted molar refractivity (Wildman–Crippen MR) is 111 cm³/mol. The number of rotatable bonds is 18. The molecule has 26 heavy (non-hydrogen) atoms. The minimum absolute atomic E-state index is 0.613. The quantitative estimate of drug-likeness (QED) is 0.107. The average molecular weight is 389 g/mol. The van der Waals surface area contributed by atoms with Gasteiger partial charge < -0.3 is 4.74 Å². The Labute approximate surface area is 166 Å². The Morgan fingerprint density at radius 2 is 1.04 bits per heavy atom. The van der Waals surface area contributed by atoms with Crippen molar-refractivity contribution in [3.05, 3.63) is 0 Å². The fourth-order valence-electron chi connectivity index (χ4n) is 3.26. The predicted octanol–water partition coefficient (Wildman–Crippen LogP) is 7.34. The van der Waals surface area contributed by atoms with E-state index in [-0.39, 0.29) is 0 Å². The van der Waals surface area contributed by atoms with Crippen LogP contribution in [0.4, 0.5) is 0 Å². The smallest absolute Gasteiger partial charge is 0.391 e. The Kier molecular flexibility index (Phi) is 16.2. The normalized spacial score (nSPS) is 11.5. The Hall–Kier alpha value is -0.570. The first-order valence-corrected chi connectivity index (χ1v) is 11.2. The lowest BCUT2D eigenvalue weighted by Gasteiger charge is -2.24. The van der Waals surface area contributed by atoms with Gasteiger partial charge in [0.25, 0.3) is 0 Å². The topological polar surface area (TPSA) is 43.4 Å². The summed E-state index contributed by atoms with van der Waals surface area (Å²) < 4.78 is 5.10. The van der Waals surface area contributed by atoms with Crippen LogP contribution in [-0.2, 0) is 14.3 Å². The second-order valence-electron chi connectivity index (χ2n) is 8.12. The van der Waals surface area contributed by atoms with Gasteiger partial charge in [-0.05, 0) is 38.3 Å². The fourth-order valence-corrected chi connectivity index (χ4v) is 3.30. The van der Waals surface area contributed by atoms with Gasteiger partial charge >= 0.3 is 11.2 Å². The van der Waals surface area contributed by atoms with Crippen molar-refractivity contribution in [3.8, 4) is 0 Å². The molecule has 0 aliphatic carbocycles. The van der Waals surface area contributed by atoms with Gasteiger partial charge in [0.1, 0.15) is 5.60 Å². The van der Waals surface area contributed by atoms with Crippen molar-refractivity contribution in [2.45, 2.75) is 129 Å². The van der Waals surface area contributed by atoms with Crippen LogP contribution in [0, 0.1) is 0 Å². The van der Waals surface area contributed by atoms with Gasteiger partial charge in [0.05, 0.1) is 0 Å². The molecule has 0 saturated carbocycles. The van der Waals surface area contributed by atoms with E-state index in [2.05, 4.69) is 6.92 Å². The molecule has 0 aliphatic rings. The van der Waals surface area contributed by atoms with Crippen molar-refractivity contribution < 1.29 is 14.3 Å². The molecule has 0 rings (SSSR count). The molecule has 3 nitrogen and oxygen atoms in total. The highest BCUT2D eigenvalue weighted by Crippen LogP contribution is 2.20. The fraction of sp³-hybridized carbons (Fsp3) is 0.909. The van der Waals surface area contributed by atoms with Crippen molar-refractivity contribution in [1.29, 1.82) is 0 Å². The van der Waals surface area contributed by atoms with E-state index in [0.717, 1.165) is 19.3 Å². The van der Waals surface area contributed by atoms with E-state index < -0.39 is 16.8 Å². The molecule has 0 fully saturated rings. The first-order valence-electron chi connectivity index (χ1n) is 10.8. The van der Waals surface area contributed by atoms with Gasteiger partial charge in [-0.15, -0.1) is 0 Å². The highest BCUT2D eigenvalue weighted by Gasteiger charge is 2.25. The van der Waals surface area contributed by atoms with E-state index in [4.69, 9.17) is 16.3 Å². The number of hydrogen-bond acceptors (Lipinski definition) is 3. The summed E-state index contributed by atoms with van der Waals surface area (Å²) in [6.45, 7) is 5.92. The van der Waals surface area contributed by atoms with Gasteiger partial charge in [-0.3, -0.25) is 4.79 Å². The molecule has 4 heteroatoms. The Morgan fingerprint density at radius 3 is 1.38 bits per heavy atom. The summed E-state index contributed by atoms with van der Waals surface area (Å²) in [5.41, 5.74) is -0.613. The van der Waals surface area contributed by atoms with E-state index in [9.17, 15) is 9.59 Å². The summed E-state index contributed by atoms with van der Waals surface area (Å²) in [7, 11) is 0. The lowest BCUT2D eigenvalue weighted by Crippen LogP contribution is -2.30. The van der Waals surface area contributed by atoms with Gasteiger partial charge in [0, 0.05) is 0 Å². The van der Waals surface area contributed by atoms with Gasteiger partial charge in [-0.1, -0.05) is 96.8 Å². The highest BCUT2D eigenvalue weighted by atomic mass is 35.5. The first kappa shape index (κ1) is 25.4. The molecular weight excluding hydrogens is 348 g/mol. The van der Waals surface area contributed by atoms with Crippen LogP contribution in [0.1, 0.15) is 124 Å². The van der Waals surface area contributed by atoms with Crippen LogP contribution in [0.5, 0.6) is 0 Å². The molecule has 0 aliphatic heterocycles. The van der Waals surface area contributed by atoms with E-state index in [1.807, 2.05) is 13.8 Å². The lowest BCUT2D eigenvalue weighted by molar-refractivity contribution is -0.161. The molecule has 0 aromatic heterocycles. The zero-order valence-electron chi connectivity index (χ0n) is 17.4. The van der Waals surface area contributed by atoms with Crippen LogP contribution in [0.3, 0.4) is 0 Å². The molecule has 0 aromatic carbocycles. The molecule has 0 heterocycles. The van der Waals surface area contributed by atoms with E-state index in [0.29, 0.717) is 0 Å². The van der Waals surface area contributed by atoms with E-state index in [1.54, 1.807) is 0 Å². The number of carbonyl (C=O) groups excluding carboxylic acids is 2. The highest BCUT2D eigenvalue weighted by molar-refractivity contribution is 6.80. The van der Waals surface area contributed by atoms with Crippen LogP contribution in [0.15, 0.2) is 0 Å².